The molecule has 0 N–H and O–H groups in total. The summed E-state index contributed by atoms with van der Waals surface area (Å²) >= 11 is 0. The van der Waals surface area contributed by atoms with Crippen LogP contribution in [0.15, 0.2) is 53.1 Å². The third-order valence-electron chi connectivity index (χ3n) is 4.95. The minimum absolute atomic E-state index is 0.0800. The lowest BCUT2D eigenvalue weighted by atomic mass is 10.1. The van der Waals surface area contributed by atoms with E-state index in [0.717, 1.165) is 23.4 Å². The van der Waals surface area contributed by atoms with Crippen molar-refractivity contribution in [2.24, 2.45) is 0 Å². The fourth-order valence-corrected chi connectivity index (χ4v) is 3.48. The van der Waals surface area contributed by atoms with Crippen molar-refractivity contribution in [3.63, 3.8) is 0 Å². The first-order valence-electron chi connectivity index (χ1n) is 9.64. The molecule has 0 saturated carbocycles. The Balaban J connectivity index is 1.53. The van der Waals surface area contributed by atoms with Gasteiger partial charge >= 0.3 is 0 Å². The van der Waals surface area contributed by atoms with Gasteiger partial charge in [0.1, 0.15) is 5.75 Å². The molecule has 0 aliphatic carbocycles. The Bertz CT molecular complexity index is 982. The van der Waals surface area contributed by atoms with Crippen molar-refractivity contribution in [2.45, 2.75) is 32.6 Å². The van der Waals surface area contributed by atoms with Crippen molar-refractivity contribution in [3.05, 3.63) is 60.0 Å². The van der Waals surface area contributed by atoms with Gasteiger partial charge in [-0.15, -0.1) is 0 Å². The Labute approximate surface area is 164 Å². The molecule has 28 heavy (non-hydrogen) atoms. The van der Waals surface area contributed by atoms with Crippen LogP contribution in [0.4, 0.5) is 5.69 Å². The number of amides is 1. The van der Waals surface area contributed by atoms with Gasteiger partial charge in [0, 0.05) is 24.2 Å². The molecule has 0 radical (unpaired) electrons. The Morgan fingerprint density at radius 1 is 1.18 bits per heavy atom. The number of benzene rings is 2. The zero-order chi connectivity index (χ0) is 19.5. The fourth-order valence-electron chi connectivity index (χ4n) is 3.48. The van der Waals surface area contributed by atoms with Crippen molar-refractivity contribution in [2.75, 3.05) is 18.1 Å². The van der Waals surface area contributed by atoms with Gasteiger partial charge in [0.25, 0.3) is 0 Å². The van der Waals surface area contributed by atoms with Crippen LogP contribution in [0, 0.1) is 0 Å². The third-order valence-corrected chi connectivity index (χ3v) is 4.95. The Kier molecular flexibility index (Phi) is 5.10. The topological polar surface area (TPSA) is 68.5 Å². The van der Waals surface area contributed by atoms with E-state index in [1.807, 2.05) is 48.2 Å². The van der Waals surface area contributed by atoms with Crippen LogP contribution < -0.4 is 9.64 Å². The highest BCUT2D eigenvalue weighted by atomic mass is 16.5. The first-order valence-corrected chi connectivity index (χ1v) is 9.64. The number of aromatic nitrogens is 2. The van der Waals surface area contributed by atoms with E-state index in [0.29, 0.717) is 31.3 Å². The molecule has 1 saturated heterocycles. The lowest BCUT2D eigenvalue weighted by Crippen LogP contribution is -2.24. The zero-order valence-electron chi connectivity index (χ0n) is 16.1. The molecular weight excluding hydrogens is 354 g/mol. The molecule has 3 aromatic rings. The molecule has 0 bridgehead atoms. The molecule has 1 atom stereocenters. The maximum Gasteiger partial charge on any atom is 0.232 e. The third kappa shape index (κ3) is 3.63. The van der Waals surface area contributed by atoms with E-state index in [1.54, 1.807) is 0 Å². The fraction of sp³-hybridized carbons (Fsp3) is 0.318. The quantitative estimate of drug-likeness (QED) is 0.643. The normalized spacial score (nSPS) is 16.6. The first kappa shape index (κ1) is 18.2. The predicted molar refractivity (Wildman–Crippen MR) is 106 cm³/mol. The summed E-state index contributed by atoms with van der Waals surface area (Å²) in [5.74, 6) is 1.75. The summed E-state index contributed by atoms with van der Waals surface area (Å²) in [6.07, 6.45) is 1.31. The number of hydrogen-bond donors (Lipinski definition) is 0. The lowest BCUT2D eigenvalue weighted by Gasteiger charge is -2.16. The second kappa shape index (κ2) is 7.84. The second-order valence-corrected chi connectivity index (χ2v) is 6.85. The van der Waals surface area contributed by atoms with Gasteiger partial charge in [0.15, 0.2) is 0 Å². The van der Waals surface area contributed by atoms with Crippen molar-refractivity contribution in [1.82, 2.24) is 10.1 Å². The number of carbonyl (C=O) groups is 1. The maximum atomic E-state index is 12.6. The molecule has 1 aliphatic heterocycles. The van der Waals surface area contributed by atoms with Gasteiger partial charge in [-0.3, -0.25) is 4.79 Å². The number of nitrogens with zero attached hydrogens (tertiary/aromatic N) is 3. The maximum absolute atomic E-state index is 12.6. The summed E-state index contributed by atoms with van der Waals surface area (Å²) in [5, 5.41) is 4.11. The van der Waals surface area contributed by atoms with Gasteiger partial charge < -0.3 is 14.2 Å². The van der Waals surface area contributed by atoms with Crippen molar-refractivity contribution >= 4 is 11.6 Å². The second-order valence-electron chi connectivity index (χ2n) is 6.85. The Morgan fingerprint density at radius 3 is 2.86 bits per heavy atom. The highest BCUT2D eigenvalue weighted by Gasteiger charge is 2.35. The van der Waals surface area contributed by atoms with Gasteiger partial charge in [0.05, 0.1) is 12.5 Å². The van der Waals surface area contributed by atoms with Gasteiger partial charge in [-0.2, -0.15) is 4.98 Å². The summed E-state index contributed by atoms with van der Waals surface area (Å²) in [4.78, 5) is 18.9. The number of ether oxygens (including phenoxy) is 1. The molecule has 1 aromatic heterocycles. The standard InChI is InChI=1S/C22H23N3O3/c1-3-15-7-5-9-18(11-15)25-14-17(13-20(25)26)22-23-21(24-28-22)16-8-6-10-19(12-16)27-4-2/h5-12,17H,3-4,13-14H2,1-2H3. The molecule has 2 aromatic carbocycles. The van der Waals surface area contributed by atoms with E-state index in [4.69, 9.17) is 9.26 Å². The highest BCUT2D eigenvalue weighted by molar-refractivity contribution is 5.96. The Hall–Kier alpha value is -3.15. The van der Waals surface area contributed by atoms with Crippen molar-refractivity contribution in [1.29, 1.82) is 0 Å². The van der Waals surface area contributed by atoms with Gasteiger partial charge in [-0.1, -0.05) is 36.3 Å². The smallest absolute Gasteiger partial charge is 0.232 e. The van der Waals surface area contributed by atoms with E-state index in [9.17, 15) is 4.79 Å². The van der Waals surface area contributed by atoms with Crippen LogP contribution in [0.5, 0.6) is 5.75 Å². The van der Waals surface area contributed by atoms with Crippen LogP contribution in [0.1, 0.15) is 37.6 Å². The van der Waals surface area contributed by atoms with Crippen LogP contribution in [0.25, 0.3) is 11.4 Å². The summed E-state index contributed by atoms with van der Waals surface area (Å²) in [7, 11) is 0. The monoisotopic (exact) mass is 377 g/mol. The number of carbonyl (C=O) groups excluding carboxylic acids is 1. The van der Waals surface area contributed by atoms with Crippen molar-refractivity contribution < 1.29 is 14.1 Å². The largest absolute Gasteiger partial charge is 0.494 e. The van der Waals surface area contributed by atoms with Crippen LogP contribution in [-0.2, 0) is 11.2 Å². The molecule has 4 rings (SSSR count). The molecule has 1 amide bonds. The van der Waals surface area contributed by atoms with Crippen LogP contribution >= 0.6 is 0 Å². The molecule has 2 heterocycles. The SMILES string of the molecule is CCOc1cccc(-c2noc(C3CC(=O)N(c4cccc(CC)c4)C3)n2)c1. The first-order chi connectivity index (χ1) is 13.7. The average molecular weight is 377 g/mol. The molecule has 1 aliphatic rings. The average Bonchev–Trinajstić information content (AvgIpc) is 3.35. The number of rotatable bonds is 6. The van der Waals surface area contributed by atoms with Gasteiger partial charge in [-0.25, -0.2) is 0 Å². The molecule has 6 nitrogen and oxygen atoms in total. The van der Waals surface area contributed by atoms with Crippen LogP contribution in [-0.4, -0.2) is 29.2 Å². The van der Waals surface area contributed by atoms with Crippen LogP contribution in [0.3, 0.4) is 0 Å². The van der Waals surface area contributed by atoms with Gasteiger partial charge in [-0.05, 0) is 43.2 Å². The zero-order valence-corrected chi connectivity index (χ0v) is 16.1. The molecule has 1 fully saturated rings. The summed E-state index contributed by atoms with van der Waals surface area (Å²) in [6, 6.07) is 15.7. The molecular formula is C22H23N3O3. The lowest BCUT2D eigenvalue weighted by molar-refractivity contribution is -0.117. The van der Waals surface area contributed by atoms with E-state index in [-0.39, 0.29) is 11.8 Å². The molecule has 1 unspecified atom stereocenters. The summed E-state index contributed by atoms with van der Waals surface area (Å²) < 4.78 is 11.0. The molecule has 0 spiro atoms. The minimum atomic E-state index is -0.103. The molecule has 6 heteroatoms. The number of hydrogen-bond acceptors (Lipinski definition) is 5. The van der Waals surface area contributed by atoms with E-state index >= 15 is 0 Å². The predicted octanol–water partition coefficient (Wildman–Crippen LogP) is 4.22. The summed E-state index contributed by atoms with van der Waals surface area (Å²) in [6.45, 7) is 5.19. The van der Waals surface area contributed by atoms with E-state index in [2.05, 4.69) is 29.2 Å². The van der Waals surface area contributed by atoms with Crippen molar-refractivity contribution in [3.8, 4) is 17.1 Å². The Morgan fingerprint density at radius 2 is 2.04 bits per heavy atom. The van der Waals surface area contributed by atoms with Crippen LogP contribution in [0.2, 0.25) is 0 Å². The highest BCUT2D eigenvalue weighted by Crippen LogP contribution is 2.32. The minimum Gasteiger partial charge on any atom is -0.494 e. The number of aryl methyl sites for hydroxylation is 1. The van der Waals surface area contributed by atoms with E-state index in [1.165, 1.54) is 5.56 Å². The van der Waals surface area contributed by atoms with Gasteiger partial charge in [0.2, 0.25) is 17.6 Å². The number of anilines is 1. The summed E-state index contributed by atoms with van der Waals surface area (Å²) in [5.41, 5.74) is 2.97. The van der Waals surface area contributed by atoms with E-state index < -0.39 is 0 Å². The molecule has 144 valence electrons.